The van der Waals surface area contributed by atoms with Gasteiger partial charge in [-0.25, -0.2) is 0 Å². The second-order valence-corrected chi connectivity index (χ2v) is 7.44. The van der Waals surface area contributed by atoms with Crippen LogP contribution in [0.5, 0.6) is 0 Å². The minimum absolute atomic E-state index is 0.0897. The second kappa shape index (κ2) is 7.44. The third-order valence-corrected chi connectivity index (χ3v) is 5.46. The first-order valence-electron chi connectivity index (χ1n) is 9.50. The number of hydrogen-bond acceptors (Lipinski definition) is 4. The Balaban J connectivity index is 1.53. The van der Waals surface area contributed by atoms with Crippen molar-refractivity contribution in [1.82, 2.24) is 19.5 Å². The predicted octanol–water partition coefficient (Wildman–Crippen LogP) is 3.95. The summed E-state index contributed by atoms with van der Waals surface area (Å²) in [5.41, 5.74) is 1.07. The highest BCUT2D eigenvalue weighted by Gasteiger charge is 2.36. The molecule has 1 aromatic carbocycles. The first-order chi connectivity index (χ1) is 14.3. The topological polar surface area (TPSA) is 74.3 Å². The zero-order valence-electron chi connectivity index (χ0n) is 16.1. The van der Waals surface area contributed by atoms with Gasteiger partial charge in [0.15, 0.2) is 5.65 Å². The van der Waals surface area contributed by atoms with Gasteiger partial charge in [0.25, 0.3) is 5.91 Å². The average Bonchev–Trinajstić information content (AvgIpc) is 3.16. The molecule has 1 saturated heterocycles. The molecule has 0 bridgehead atoms. The summed E-state index contributed by atoms with van der Waals surface area (Å²) < 4.78 is 41.9. The maximum atomic E-state index is 13.5. The number of halogens is 3. The van der Waals surface area contributed by atoms with Crippen LogP contribution in [0.25, 0.3) is 5.65 Å². The Labute approximate surface area is 170 Å². The summed E-state index contributed by atoms with van der Waals surface area (Å²) in [5, 5.41) is 17.0. The van der Waals surface area contributed by atoms with Crippen molar-refractivity contribution in [3.63, 3.8) is 0 Å². The molecule has 0 N–H and O–H groups in total. The van der Waals surface area contributed by atoms with E-state index < -0.39 is 11.7 Å². The molecule has 1 fully saturated rings. The number of amides is 1. The number of nitrogens with zero attached hydrogens (tertiary/aromatic N) is 5. The number of alkyl halides is 3. The number of fused-ring (bicyclic) bond motifs is 1. The second-order valence-electron chi connectivity index (χ2n) is 7.44. The van der Waals surface area contributed by atoms with Gasteiger partial charge in [-0.2, -0.15) is 18.4 Å². The van der Waals surface area contributed by atoms with E-state index >= 15 is 0 Å². The quantitative estimate of drug-likeness (QED) is 0.638. The molecule has 0 aliphatic carbocycles. The Morgan fingerprint density at radius 2 is 1.90 bits per heavy atom. The number of rotatable bonds is 2. The first-order valence-corrected chi connectivity index (χ1v) is 9.50. The van der Waals surface area contributed by atoms with Crippen LogP contribution in [-0.4, -0.2) is 38.5 Å². The van der Waals surface area contributed by atoms with Gasteiger partial charge in [-0.05, 0) is 49.4 Å². The van der Waals surface area contributed by atoms with E-state index in [1.807, 2.05) is 6.07 Å². The molecule has 0 saturated carbocycles. The fraction of sp³-hybridized carbons (Fsp3) is 0.333. The largest absolute Gasteiger partial charge is 0.416 e. The summed E-state index contributed by atoms with van der Waals surface area (Å²) >= 11 is 0. The minimum Gasteiger partial charge on any atom is -0.336 e. The van der Waals surface area contributed by atoms with Crippen molar-refractivity contribution in [1.29, 1.82) is 5.26 Å². The lowest BCUT2D eigenvalue weighted by atomic mass is 9.85. The molecule has 3 aromatic rings. The molecule has 1 amide bonds. The zero-order valence-corrected chi connectivity index (χ0v) is 16.1. The van der Waals surface area contributed by atoms with E-state index in [1.165, 1.54) is 16.7 Å². The van der Waals surface area contributed by atoms with Gasteiger partial charge < -0.3 is 4.90 Å². The number of nitriles is 1. The van der Waals surface area contributed by atoms with Crippen LogP contribution in [0.1, 0.15) is 51.6 Å². The Morgan fingerprint density at radius 1 is 1.17 bits per heavy atom. The Morgan fingerprint density at radius 3 is 2.57 bits per heavy atom. The normalized spacial score (nSPS) is 15.4. The molecular formula is C21H18F3N5O. The van der Waals surface area contributed by atoms with Crippen molar-refractivity contribution in [2.45, 2.75) is 31.9 Å². The number of likely N-dealkylation sites (tertiary alicyclic amines) is 1. The minimum atomic E-state index is -4.41. The van der Waals surface area contributed by atoms with Crippen LogP contribution in [-0.2, 0) is 6.18 Å². The molecule has 154 valence electrons. The number of carbonyl (C=O) groups is 1. The van der Waals surface area contributed by atoms with Gasteiger partial charge in [-0.1, -0.05) is 17.7 Å². The molecule has 30 heavy (non-hydrogen) atoms. The zero-order chi connectivity index (χ0) is 21.5. The summed E-state index contributed by atoms with van der Waals surface area (Å²) in [6, 6.07) is 9.62. The molecule has 0 atom stereocenters. The molecule has 1 aliphatic heterocycles. The summed E-state index contributed by atoms with van der Waals surface area (Å²) in [7, 11) is 0. The van der Waals surface area contributed by atoms with Gasteiger partial charge in [0.05, 0.1) is 11.1 Å². The van der Waals surface area contributed by atoms with Crippen molar-refractivity contribution in [2.75, 3.05) is 13.1 Å². The van der Waals surface area contributed by atoms with Crippen LogP contribution in [0.4, 0.5) is 13.2 Å². The van der Waals surface area contributed by atoms with Crippen molar-refractivity contribution in [3.8, 4) is 6.07 Å². The third-order valence-electron chi connectivity index (χ3n) is 5.46. The fourth-order valence-electron chi connectivity index (χ4n) is 3.91. The van der Waals surface area contributed by atoms with Gasteiger partial charge in [-0.15, -0.1) is 10.2 Å². The molecule has 2 aromatic heterocycles. The van der Waals surface area contributed by atoms with E-state index in [0.29, 0.717) is 42.7 Å². The maximum Gasteiger partial charge on any atom is 0.416 e. The summed E-state index contributed by atoms with van der Waals surface area (Å²) in [6.45, 7) is 2.28. The van der Waals surface area contributed by atoms with Crippen LogP contribution in [0.3, 0.4) is 0 Å². The van der Waals surface area contributed by atoms with Gasteiger partial charge in [-0.3, -0.25) is 9.20 Å². The van der Waals surface area contributed by atoms with Gasteiger partial charge >= 0.3 is 6.18 Å². The standard InChI is InChI=1S/C21H18F3N5O/c1-13-2-4-16(17(10-13)21(22,23)24)15-6-8-28(9-7-15)20(30)19-27-26-18-5-3-14(11-25)12-29(18)19/h2-5,10,12,15H,6-9H2,1H3. The lowest BCUT2D eigenvalue weighted by Gasteiger charge is -2.33. The Hall–Kier alpha value is -3.41. The summed E-state index contributed by atoms with van der Waals surface area (Å²) in [5.74, 6) is -0.533. The van der Waals surface area contributed by atoms with Crippen LogP contribution in [0.15, 0.2) is 36.5 Å². The molecule has 0 radical (unpaired) electrons. The number of carbonyl (C=O) groups excluding carboxylic acids is 1. The van der Waals surface area contributed by atoms with Crippen molar-refractivity contribution < 1.29 is 18.0 Å². The van der Waals surface area contributed by atoms with Crippen molar-refractivity contribution in [3.05, 3.63) is 64.6 Å². The highest BCUT2D eigenvalue weighted by Crippen LogP contribution is 2.39. The van der Waals surface area contributed by atoms with Gasteiger partial charge in [0.2, 0.25) is 5.82 Å². The van der Waals surface area contributed by atoms with Crippen LogP contribution < -0.4 is 0 Å². The molecule has 4 rings (SSSR count). The van der Waals surface area contributed by atoms with Crippen molar-refractivity contribution in [2.24, 2.45) is 0 Å². The Kier molecular flexibility index (Phi) is 4.94. The number of aryl methyl sites for hydroxylation is 1. The number of benzene rings is 1. The van der Waals surface area contributed by atoms with E-state index in [4.69, 9.17) is 5.26 Å². The van der Waals surface area contributed by atoms with E-state index in [-0.39, 0.29) is 23.2 Å². The summed E-state index contributed by atoms with van der Waals surface area (Å²) in [4.78, 5) is 14.5. The lowest BCUT2D eigenvalue weighted by molar-refractivity contribution is -0.138. The van der Waals surface area contributed by atoms with Crippen molar-refractivity contribution >= 4 is 11.6 Å². The Bertz CT molecular complexity index is 1150. The predicted molar refractivity (Wildman–Crippen MR) is 102 cm³/mol. The maximum absolute atomic E-state index is 13.5. The van der Waals surface area contributed by atoms with E-state index in [2.05, 4.69) is 10.2 Å². The third kappa shape index (κ3) is 3.61. The first kappa shape index (κ1) is 19.9. The van der Waals surface area contributed by atoms with E-state index in [9.17, 15) is 18.0 Å². The monoisotopic (exact) mass is 413 g/mol. The fourth-order valence-corrected chi connectivity index (χ4v) is 3.91. The number of piperidine rings is 1. The van der Waals surface area contributed by atoms with E-state index in [0.717, 1.165) is 0 Å². The molecule has 6 nitrogen and oxygen atoms in total. The van der Waals surface area contributed by atoms with Gasteiger partial charge in [0.1, 0.15) is 6.07 Å². The molecule has 1 aliphatic rings. The number of hydrogen-bond donors (Lipinski definition) is 0. The number of pyridine rings is 1. The van der Waals surface area contributed by atoms with E-state index in [1.54, 1.807) is 36.1 Å². The highest BCUT2D eigenvalue weighted by molar-refractivity contribution is 5.91. The molecular weight excluding hydrogens is 395 g/mol. The highest BCUT2D eigenvalue weighted by atomic mass is 19.4. The van der Waals surface area contributed by atoms with Crippen LogP contribution in [0, 0.1) is 18.3 Å². The molecule has 3 heterocycles. The number of aromatic nitrogens is 3. The molecule has 0 unspecified atom stereocenters. The molecule has 9 heteroatoms. The van der Waals surface area contributed by atoms with Crippen LogP contribution in [0.2, 0.25) is 0 Å². The van der Waals surface area contributed by atoms with Gasteiger partial charge in [0, 0.05) is 19.3 Å². The SMILES string of the molecule is Cc1ccc(C2CCN(C(=O)c3nnc4ccc(C#N)cn34)CC2)c(C(F)(F)F)c1. The average molecular weight is 413 g/mol. The molecule has 0 spiro atoms. The lowest BCUT2D eigenvalue weighted by Crippen LogP contribution is -2.39. The summed E-state index contributed by atoms with van der Waals surface area (Å²) in [6.07, 6.45) is -2.06. The smallest absolute Gasteiger partial charge is 0.336 e. The van der Waals surface area contributed by atoms with Crippen LogP contribution >= 0.6 is 0 Å².